The lowest BCUT2D eigenvalue weighted by atomic mass is 10.1. The molecule has 6 heteroatoms. The van der Waals surface area contributed by atoms with Gasteiger partial charge in [-0.3, -0.25) is 0 Å². The number of nitrogens with one attached hydrogen (secondary N) is 1. The molecule has 0 radical (unpaired) electrons. The number of para-hydroxylation sites is 1. The molecule has 2 rings (SSSR count). The average Bonchev–Trinajstić information content (AvgIpc) is 3.01. The molecule has 0 aliphatic rings. The first kappa shape index (κ1) is 16.0. The number of thiophene rings is 1. The van der Waals surface area contributed by atoms with E-state index in [1.807, 2.05) is 31.2 Å². The number of sulfone groups is 1. The summed E-state index contributed by atoms with van der Waals surface area (Å²) >= 11 is 1.25. The zero-order valence-corrected chi connectivity index (χ0v) is 13.7. The highest BCUT2D eigenvalue weighted by molar-refractivity contribution is 7.93. The molecule has 1 unspecified atom stereocenters. The van der Waals surface area contributed by atoms with E-state index in [9.17, 15) is 8.42 Å². The first-order valence-corrected chi connectivity index (χ1v) is 9.24. The van der Waals surface area contributed by atoms with E-state index in [0.29, 0.717) is 16.5 Å². The van der Waals surface area contributed by atoms with Gasteiger partial charge in [0.25, 0.3) is 0 Å². The summed E-state index contributed by atoms with van der Waals surface area (Å²) in [6.45, 7) is 2.64. The molecule has 2 aromatic rings. The van der Waals surface area contributed by atoms with E-state index >= 15 is 0 Å². The Balaban J connectivity index is 2.32. The Labute approximate surface area is 129 Å². The van der Waals surface area contributed by atoms with Crippen LogP contribution in [0.25, 0.3) is 0 Å². The summed E-state index contributed by atoms with van der Waals surface area (Å²) in [6, 6.07) is 10.6. The van der Waals surface area contributed by atoms with Crippen LogP contribution in [0, 0.1) is 0 Å². The van der Waals surface area contributed by atoms with Crippen LogP contribution >= 0.6 is 11.3 Å². The van der Waals surface area contributed by atoms with Crippen molar-refractivity contribution >= 4 is 21.2 Å². The van der Waals surface area contributed by atoms with Gasteiger partial charge >= 0.3 is 0 Å². The lowest BCUT2D eigenvalue weighted by Gasteiger charge is -2.20. The van der Waals surface area contributed by atoms with Crippen molar-refractivity contribution in [1.29, 1.82) is 0 Å². The van der Waals surface area contributed by atoms with Gasteiger partial charge in [0.2, 0.25) is 0 Å². The van der Waals surface area contributed by atoms with Gasteiger partial charge in [-0.2, -0.15) is 0 Å². The lowest BCUT2D eigenvalue weighted by molar-refractivity contribution is 0.402. The first-order chi connectivity index (χ1) is 10.1. The van der Waals surface area contributed by atoms with Gasteiger partial charge in [0.05, 0.1) is 18.9 Å². The zero-order valence-electron chi connectivity index (χ0n) is 12.1. The Kier molecular flexibility index (Phi) is 5.39. The normalized spacial score (nSPS) is 13.0. The van der Waals surface area contributed by atoms with Gasteiger partial charge in [0.1, 0.15) is 9.96 Å². The van der Waals surface area contributed by atoms with Crippen molar-refractivity contribution in [2.45, 2.75) is 17.2 Å². The fourth-order valence-corrected chi connectivity index (χ4v) is 4.79. The number of hydrogen-bond acceptors (Lipinski definition) is 5. The summed E-state index contributed by atoms with van der Waals surface area (Å²) in [6.07, 6.45) is 0. The molecule has 4 nitrogen and oxygen atoms in total. The smallest absolute Gasteiger partial charge is 0.189 e. The monoisotopic (exact) mass is 325 g/mol. The van der Waals surface area contributed by atoms with E-state index in [1.165, 1.54) is 11.3 Å². The number of benzene rings is 1. The highest BCUT2D eigenvalue weighted by Crippen LogP contribution is 2.28. The third kappa shape index (κ3) is 3.84. The van der Waals surface area contributed by atoms with Crippen LogP contribution in [0.3, 0.4) is 0 Å². The number of hydrogen-bond donors (Lipinski definition) is 1. The van der Waals surface area contributed by atoms with Crippen LogP contribution < -0.4 is 10.1 Å². The fraction of sp³-hybridized carbons (Fsp3) is 0.333. The molecule has 0 amide bonds. The molecule has 1 atom stereocenters. The van der Waals surface area contributed by atoms with E-state index in [0.717, 1.165) is 5.56 Å². The Morgan fingerprint density at radius 2 is 2.00 bits per heavy atom. The summed E-state index contributed by atoms with van der Waals surface area (Å²) < 4.78 is 30.7. The van der Waals surface area contributed by atoms with Crippen LogP contribution in [0.1, 0.15) is 18.5 Å². The highest BCUT2D eigenvalue weighted by atomic mass is 32.2. The van der Waals surface area contributed by atoms with Gasteiger partial charge in [-0.25, -0.2) is 8.42 Å². The minimum Gasteiger partial charge on any atom is -0.496 e. The van der Waals surface area contributed by atoms with Gasteiger partial charge in [-0.1, -0.05) is 31.2 Å². The van der Waals surface area contributed by atoms with Crippen molar-refractivity contribution in [3.8, 4) is 5.75 Å². The Morgan fingerprint density at radius 1 is 1.24 bits per heavy atom. The predicted octanol–water partition coefficient (Wildman–Crippen LogP) is 2.88. The van der Waals surface area contributed by atoms with Gasteiger partial charge < -0.3 is 10.1 Å². The summed E-state index contributed by atoms with van der Waals surface area (Å²) in [5.74, 6) is 0.715. The van der Waals surface area contributed by atoms with E-state index in [2.05, 4.69) is 5.32 Å². The maximum Gasteiger partial charge on any atom is 0.189 e. The second-order valence-electron chi connectivity index (χ2n) is 4.57. The predicted molar refractivity (Wildman–Crippen MR) is 85.8 cm³/mol. The second-order valence-corrected chi connectivity index (χ2v) is 7.77. The topological polar surface area (TPSA) is 55.4 Å². The van der Waals surface area contributed by atoms with Crippen molar-refractivity contribution in [3.63, 3.8) is 0 Å². The van der Waals surface area contributed by atoms with Crippen LogP contribution in [-0.2, 0) is 9.84 Å². The lowest BCUT2D eigenvalue weighted by Crippen LogP contribution is -2.28. The quantitative estimate of drug-likeness (QED) is 0.850. The molecule has 0 aliphatic carbocycles. The van der Waals surface area contributed by atoms with Crippen LogP contribution in [0.15, 0.2) is 46.0 Å². The van der Waals surface area contributed by atoms with E-state index in [1.54, 1.807) is 24.6 Å². The molecular weight excluding hydrogens is 306 g/mol. The van der Waals surface area contributed by atoms with Gasteiger partial charge in [-0.05, 0) is 24.1 Å². The minimum absolute atomic E-state index is 0.0156. The molecule has 1 aromatic heterocycles. The third-order valence-corrected chi connectivity index (χ3v) is 6.39. The molecular formula is C15H19NO3S2. The number of ether oxygens (including phenoxy) is 1. The number of methoxy groups -OCH3 is 1. The van der Waals surface area contributed by atoms with Gasteiger partial charge in [0, 0.05) is 5.56 Å². The van der Waals surface area contributed by atoms with Crippen molar-refractivity contribution in [2.75, 3.05) is 19.4 Å². The van der Waals surface area contributed by atoms with Gasteiger partial charge in [0.15, 0.2) is 9.84 Å². The van der Waals surface area contributed by atoms with Crippen molar-refractivity contribution in [1.82, 2.24) is 5.32 Å². The molecule has 1 aromatic carbocycles. The Bertz CT molecular complexity index is 666. The van der Waals surface area contributed by atoms with E-state index < -0.39 is 9.84 Å². The SMILES string of the molecule is CCNC(CS(=O)(=O)c1cccs1)c1ccccc1OC. The third-order valence-electron chi connectivity index (χ3n) is 3.15. The van der Waals surface area contributed by atoms with Crippen molar-refractivity contribution in [3.05, 3.63) is 47.3 Å². The summed E-state index contributed by atoms with van der Waals surface area (Å²) in [4.78, 5) is 0. The molecule has 1 heterocycles. The molecule has 0 saturated heterocycles. The standard InChI is InChI=1S/C15H19NO3S2/c1-3-16-13(12-7-4-5-8-14(12)19-2)11-21(17,18)15-9-6-10-20-15/h4-10,13,16H,3,11H2,1-2H3. The summed E-state index contributed by atoms with van der Waals surface area (Å²) in [5.41, 5.74) is 0.863. The summed E-state index contributed by atoms with van der Waals surface area (Å²) in [5, 5.41) is 5.01. The molecule has 1 N–H and O–H groups in total. The highest BCUT2D eigenvalue weighted by Gasteiger charge is 2.24. The van der Waals surface area contributed by atoms with E-state index in [4.69, 9.17) is 4.74 Å². The Hall–Kier alpha value is -1.37. The van der Waals surface area contributed by atoms with Crippen LogP contribution in [0.4, 0.5) is 0 Å². The molecule has 0 aliphatic heterocycles. The summed E-state index contributed by atoms with van der Waals surface area (Å²) in [7, 11) is -1.72. The first-order valence-electron chi connectivity index (χ1n) is 6.71. The minimum atomic E-state index is -3.31. The van der Waals surface area contributed by atoms with Crippen LogP contribution in [0.2, 0.25) is 0 Å². The van der Waals surface area contributed by atoms with Crippen LogP contribution in [-0.4, -0.2) is 27.8 Å². The largest absolute Gasteiger partial charge is 0.496 e. The second kappa shape index (κ2) is 7.06. The maximum absolute atomic E-state index is 12.5. The molecule has 0 spiro atoms. The molecule has 0 saturated carbocycles. The van der Waals surface area contributed by atoms with Crippen LogP contribution in [0.5, 0.6) is 5.75 Å². The van der Waals surface area contributed by atoms with Crippen molar-refractivity contribution in [2.24, 2.45) is 0 Å². The molecule has 0 bridgehead atoms. The zero-order chi connectivity index (χ0) is 15.3. The Morgan fingerprint density at radius 3 is 2.62 bits per heavy atom. The molecule has 0 fully saturated rings. The van der Waals surface area contributed by atoms with E-state index in [-0.39, 0.29) is 11.8 Å². The maximum atomic E-state index is 12.5. The number of rotatable bonds is 7. The molecule has 21 heavy (non-hydrogen) atoms. The molecule has 114 valence electrons. The fourth-order valence-electron chi connectivity index (χ4n) is 2.20. The average molecular weight is 325 g/mol. The van der Waals surface area contributed by atoms with Crippen molar-refractivity contribution < 1.29 is 13.2 Å². The van der Waals surface area contributed by atoms with Gasteiger partial charge in [-0.15, -0.1) is 11.3 Å².